The molecular formula is C21H21ClN2O3S. The van der Waals surface area contributed by atoms with Gasteiger partial charge in [-0.15, -0.1) is 11.3 Å². The SMILES string of the molecule is COc1ccccc1-c1csc(NC(=O)C(C)Oc2cc(C)c(Cl)c(C)c2)n1. The predicted molar refractivity (Wildman–Crippen MR) is 114 cm³/mol. The van der Waals surface area contributed by atoms with E-state index in [4.69, 9.17) is 21.1 Å². The lowest BCUT2D eigenvalue weighted by Gasteiger charge is -2.15. The van der Waals surface area contributed by atoms with Gasteiger partial charge in [0.2, 0.25) is 0 Å². The molecule has 0 aliphatic rings. The normalized spacial score (nSPS) is 11.8. The molecule has 28 heavy (non-hydrogen) atoms. The van der Waals surface area contributed by atoms with Gasteiger partial charge in [0, 0.05) is 16.0 Å². The highest BCUT2D eigenvalue weighted by Crippen LogP contribution is 2.32. The molecule has 0 spiro atoms. The van der Waals surface area contributed by atoms with Crippen LogP contribution in [0.15, 0.2) is 41.8 Å². The first-order valence-corrected chi connectivity index (χ1v) is 9.98. The number of thiazole rings is 1. The van der Waals surface area contributed by atoms with Gasteiger partial charge in [-0.1, -0.05) is 23.7 Å². The van der Waals surface area contributed by atoms with E-state index in [9.17, 15) is 4.79 Å². The molecule has 0 fully saturated rings. The van der Waals surface area contributed by atoms with Gasteiger partial charge in [-0.2, -0.15) is 0 Å². The molecule has 5 nitrogen and oxygen atoms in total. The minimum absolute atomic E-state index is 0.272. The van der Waals surface area contributed by atoms with Crippen LogP contribution in [-0.4, -0.2) is 24.1 Å². The maximum Gasteiger partial charge on any atom is 0.266 e. The number of aryl methyl sites for hydroxylation is 2. The number of benzene rings is 2. The minimum Gasteiger partial charge on any atom is -0.496 e. The molecule has 0 radical (unpaired) electrons. The molecule has 7 heteroatoms. The zero-order valence-corrected chi connectivity index (χ0v) is 17.6. The van der Waals surface area contributed by atoms with E-state index in [1.54, 1.807) is 14.0 Å². The van der Waals surface area contributed by atoms with Crippen molar-refractivity contribution in [2.24, 2.45) is 0 Å². The molecular weight excluding hydrogens is 396 g/mol. The number of methoxy groups -OCH3 is 1. The number of rotatable bonds is 6. The first-order valence-electron chi connectivity index (χ1n) is 8.72. The van der Waals surface area contributed by atoms with E-state index < -0.39 is 6.10 Å². The Morgan fingerprint density at radius 2 is 1.89 bits per heavy atom. The van der Waals surface area contributed by atoms with Crippen molar-refractivity contribution in [3.63, 3.8) is 0 Å². The third-order valence-corrected chi connectivity index (χ3v) is 5.56. The monoisotopic (exact) mass is 416 g/mol. The van der Waals surface area contributed by atoms with E-state index >= 15 is 0 Å². The summed E-state index contributed by atoms with van der Waals surface area (Å²) in [5.41, 5.74) is 3.43. The van der Waals surface area contributed by atoms with E-state index in [2.05, 4.69) is 10.3 Å². The van der Waals surface area contributed by atoms with E-state index in [0.717, 1.165) is 28.1 Å². The summed E-state index contributed by atoms with van der Waals surface area (Å²) in [5.74, 6) is 1.07. The number of hydrogen-bond donors (Lipinski definition) is 1. The zero-order chi connectivity index (χ0) is 20.3. The molecule has 2 aromatic carbocycles. The molecule has 1 unspecified atom stereocenters. The summed E-state index contributed by atoms with van der Waals surface area (Å²) < 4.78 is 11.1. The van der Waals surface area contributed by atoms with Crippen molar-refractivity contribution in [2.45, 2.75) is 26.9 Å². The first-order chi connectivity index (χ1) is 13.4. The van der Waals surface area contributed by atoms with Gasteiger partial charge >= 0.3 is 0 Å². The van der Waals surface area contributed by atoms with Gasteiger partial charge in [0.25, 0.3) is 5.91 Å². The number of para-hydroxylation sites is 1. The third kappa shape index (κ3) is 4.46. The summed E-state index contributed by atoms with van der Waals surface area (Å²) in [4.78, 5) is 17.0. The van der Waals surface area contributed by atoms with Gasteiger partial charge in [-0.25, -0.2) is 4.98 Å². The summed E-state index contributed by atoms with van der Waals surface area (Å²) in [6.07, 6.45) is -0.682. The second-order valence-corrected chi connectivity index (χ2v) is 7.59. The molecule has 0 saturated carbocycles. The molecule has 0 aliphatic heterocycles. The number of ether oxygens (including phenoxy) is 2. The van der Waals surface area contributed by atoms with Crippen LogP contribution < -0.4 is 14.8 Å². The Kier molecular flexibility index (Phi) is 6.21. The lowest BCUT2D eigenvalue weighted by atomic mass is 10.1. The number of amides is 1. The van der Waals surface area contributed by atoms with Gasteiger partial charge in [0.15, 0.2) is 11.2 Å². The van der Waals surface area contributed by atoms with Gasteiger partial charge in [0.1, 0.15) is 11.5 Å². The molecule has 1 heterocycles. The van der Waals surface area contributed by atoms with Crippen LogP contribution in [0.1, 0.15) is 18.1 Å². The van der Waals surface area contributed by atoms with Crippen molar-refractivity contribution in [3.05, 3.63) is 57.9 Å². The van der Waals surface area contributed by atoms with Crippen LogP contribution in [0, 0.1) is 13.8 Å². The number of carbonyl (C=O) groups is 1. The standard InChI is InChI=1S/C21H21ClN2O3S/c1-12-9-15(10-13(2)19(12)22)27-14(3)20(25)24-21-23-17(11-28-21)16-7-5-6-8-18(16)26-4/h5-11,14H,1-4H3,(H,23,24,25). The Morgan fingerprint density at radius 3 is 2.57 bits per heavy atom. The fourth-order valence-electron chi connectivity index (χ4n) is 2.75. The lowest BCUT2D eigenvalue weighted by molar-refractivity contribution is -0.122. The fourth-order valence-corrected chi connectivity index (χ4v) is 3.57. The summed E-state index contributed by atoms with van der Waals surface area (Å²) >= 11 is 7.53. The number of aromatic nitrogens is 1. The summed E-state index contributed by atoms with van der Waals surface area (Å²) in [6, 6.07) is 11.3. The highest BCUT2D eigenvalue weighted by atomic mass is 35.5. The van der Waals surface area contributed by atoms with Crippen LogP contribution in [0.25, 0.3) is 11.3 Å². The number of nitrogens with zero attached hydrogens (tertiary/aromatic N) is 1. The van der Waals surface area contributed by atoms with E-state index in [-0.39, 0.29) is 5.91 Å². The Balaban J connectivity index is 1.69. The van der Waals surface area contributed by atoms with E-state index in [1.807, 2.05) is 55.6 Å². The lowest BCUT2D eigenvalue weighted by Crippen LogP contribution is -2.30. The first kappa shape index (κ1) is 20.2. The topological polar surface area (TPSA) is 60.5 Å². The average molecular weight is 417 g/mol. The van der Waals surface area contributed by atoms with Gasteiger partial charge in [0.05, 0.1) is 12.8 Å². The van der Waals surface area contributed by atoms with Crippen molar-refractivity contribution in [2.75, 3.05) is 12.4 Å². The van der Waals surface area contributed by atoms with Crippen LogP contribution in [0.2, 0.25) is 5.02 Å². The molecule has 3 rings (SSSR count). The Hall–Kier alpha value is -2.57. The van der Waals surface area contributed by atoms with Crippen molar-refractivity contribution in [1.82, 2.24) is 4.98 Å². The molecule has 146 valence electrons. The maximum atomic E-state index is 12.5. The van der Waals surface area contributed by atoms with Gasteiger partial charge < -0.3 is 9.47 Å². The second-order valence-electron chi connectivity index (χ2n) is 6.36. The van der Waals surface area contributed by atoms with E-state index in [0.29, 0.717) is 15.9 Å². The molecule has 0 aliphatic carbocycles. The van der Waals surface area contributed by atoms with Crippen LogP contribution in [0.3, 0.4) is 0 Å². The van der Waals surface area contributed by atoms with Gasteiger partial charge in [-0.3, -0.25) is 10.1 Å². The summed E-state index contributed by atoms with van der Waals surface area (Å²) in [7, 11) is 1.62. The Morgan fingerprint density at radius 1 is 1.21 bits per heavy atom. The van der Waals surface area contributed by atoms with Crippen molar-refractivity contribution < 1.29 is 14.3 Å². The van der Waals surface area contributed by atoms with Crippen molar-refractivity contribution in [1.29, 1.82) is 0 Å². The number of halogens is 1. The minimum atomic E-state index is -0.682. The predicted octanol–water partition coefficient (Wildman–Crippen LogP) is 5.49. The van der Waals surface area contributed by atoms with Crippen LogP contribution in [-0.2, 0) is 4.79 Å². The zero-order valence-electron chi connectivity index (χ0n) is 16.1. The van der Waals surface area contributed by atoms with Crippen molar-refractivity contribution in [3.8, 4) is 22.8 Å². The molecule has 3 aromatic rings. The third-order valence-electron chi connectivity index (χ3n) is 4.21. The quantitative estimate of drug-likeness (QED) is 0.576. The number of anilines is 1. The van der Waals surface area contributed by atoms with Crippen LogP contribution in [0.4, 0.5) is 5.13 Å². The molecule has 1 N–H and O–H groups in total. The van der Waals surface area contributed by atoms with Crippen LogP contribution in [0.5, 0.6) is 11.5 Å². The largest absolute Gasteiger partial charge is 0.496 e. The van der Waals surface area contributed by atoms with E-state index in [1.165, 1.54) is 11.3 Å². The summed E-state index contributed by atoms with van der Waals surface area (Å²) in [6.45, 7) is 5.51. The molecule has 0 bridgehead atoms. The number of carbonyl (C=O) groups excluding carboxylic acids is 1. The fraction of sp³-hybridized carbons (Fsp3) is 0.238. The Labute approximate surface area is 173 Å². The highest BCUT2D eigenvalue weighted by molar-refractivity contribution is 7.14. The molecule has 1 atom stereocenters. The Bertz CT molecular complexity index is 980. The molecule has 1 aromatic heterocycles. The average Bonchev–Trinajstić information content (AvgIpc) is 3.14. The van der Waals surface area contributed by atoms with Crippen LogP contribution >= 0.6 is 22.9 Å². The number of hydrogen-bond acceptors (Lipinski definition) is 5. The smallest absolute Gasteiger partial charge is 0.266 e. The maximum absolute atomic E-state index is 12.5. The molecule has 0 saturated heterocycles. The van der Waals surface area contributed by atoms with Gasteiger partial charge in [-0.05, 0) is 56.2 Å². The molecule has 1 amide bonds. The highest BCUT2D eigenvalue weighted by Gasteiger charge is 2.18. The number of nitrogens with one attached hydrogen (secondary N) is 1. The second kappa shape index (κ2) is 8.63. The summed E-state index contributed by atoms with van der Waals surface area (Å²) in [5, 5.41) is 5.90. The van der Waals surface area contributed by atoms with Crippen molar-refractivity contribution >= 4 is 34.0 Å².